The van der Waals surface area contributed by atoms with Gasteiger partial charge in [0, 0.05) is 0 Å². The van der Waals surface area contributed by atoms with E-state index in [4.69, 9.17) is 11.6 Å². The van der Waals surface area contributed by atoms with Gasteiger partial charge in [0.05, 0.1) is 14.4 Å². The first-order valence-corrected chi connectivity index (χ1v) is 8.81. The highest BCUT2D eigenvalue weighted by molar-refractivity contribution is 6.68. The van der Waals surface area contributed by atoms with Gasteiger partial charge in [-0.3, -0.25) is 0 Å². The van der Waals surface area contributed by atoms with Gasteiger partial charge in [-0.25, -0.2) is 0 Å². The van der Waals surface area contributed by atoms with E-state index in [0.717, 1.165) is 6.42 Å². The fourth-order valence-electron chi connectivity index (χ4n) is 3.43. The molecule has 1 aliphatic heterocycles. The molecule has 2 aromatic rings. The number of alkyl halides is 1. The molecule has 4 rings (SSSR count). The molecule has 2 heteroatoms. The molecule has 1 unspecified atom stereocenters. The average molecular weight is 295 g/mol. The van der Waals surface area contributed by atoms with Gasteiger partial charge in [-0.2, -0.15) is 0 Å². The van der Waals surface area contributed by atoms with Crippen LogP contribution < -0.4 is 5.19 Å². The Morgan fingerprint density at radius 2 is 1.70 bits per heavy atom. The first kappa shape index (κ1) is 12.2. The summed E-state index contributed by atoms with van der Waals surface area (Å²) in [5, 5.41) is 3.04. The molecule has 0 bridgehead atoms. The van der Waals surface area contributed by atoms with Crippen LogP contribution in [0, 0.1) is 0 Å². The molecule has 0 amide bonds. The number of halogens is 1. The van der Waals surface area contributed by atoms with Gasteiger partial charge < -0.3 is 0 Å². The van der Waals surface area contributed by atoms with E-state index < -0.39 is 0 Å². The second-order valence-electron chi connectivity index (χ2n) is 5.51. The summed E-state index contributed by atoms with van der Waals surface area (Å²) in [6.45, 7) is 0. The van der Waals surface area contributed by atoms with Gasteiger partial charge in [0.15, 0.2) is 0 Å². The van der Waals surface area contributed by atoms with E-state index in [9.17, 15) is 0 Å². The minimum Gasteiger partial charge on any atom is -0.108 e. The highest BCUT2D eigenvalue weighted by atomic mass is 35.5. The second-order valence-corrected chi connectivity index (χ2v) is 8.03. The number of rotatable bonds is 1. The minimum atomic E-state index is -0.384. The second kappa shape index (κ2) is 4.47. The number of allylic oxidation sites excluding steroid dienone is 4. The zero-order valence-corrected chi connectivity index (χ0v) is 13.3. The molecule has 0 saturated heterocycles. The van der Waals surface area contributed by atoms with Gasteiger partial charge in [0.2, 0.25) is 0 Å². The topological polar surface area (TPSA) is 0 Å². The van der Waals surface area contributed by atoms with E-state index in [0.29, 0.717) is 0 Å². The molecular weight excluding hydrogens is 280 g/mol. The average Bonchev–Trinajstić information content (AvgIpc) is 2.88. The quantitative estimate of drug-likeness (QED) is 0.559. The summed E-state index contributed by atoms with van der Waals surface area (Å²) in [6.07, 6.45) is 5.43. The Hall–Kier alpha value is -1.57. The van der Waals surface area contributed by atoms with Crippen LogP contribution in [0.4, 0.5) is 0 Å². The van der Waals surface area contributed by atoms with Crippen molar-refractivity contribution >= 4 is 31.9 Å². The van der Waals surface area contributed by atoms with Gasteiger partial charge in [-0.1, -0.05) is 77.1 Å². The van der Waals surface area contributed by atoms with Crippen molar-refractivity contribution < 1.29 is 0 Å². The van der Waals surface area contributed by atoms with Crippen LogP contribution in [0.15, 0.2) is 71.9 Å². The van der Waals surface area contributed by atoms with Gasteiger partial charge in [-0.15, -0.1) is 11.6 Å². The zero-order chi connectivity index (χ0) is 13.6. The SMILES string of the molecule is ClC1(c2ccccc2)CC=CC2=C1c1ccccc1[SiH2]2. The van der Waals surface area contributed by atoms with Crippen molar-refractivity contribution in [2.45, 2.75) is 11.3 Å². The van der Waals surface area contributed by atoms with Crippen molar-refractivity contribution in [1.82, 2.24) is 0 Å². The number of benzene rings is 2. The molecule has 0 radical (unpaired) electrons. The van der Waals surface area contributed by atoms with Crippen LogP contribution in [0.1, 0.15) is 17.5 Å². The molecule has 0 saturated carbocycles. The fraction of sp³-hybridized carbons (Fsp3) is 0.111. The standard InChI is InChI=1S/C18H15ClSi/c19-18(13-7-2-1-3-8-13)12-6-11-16-17(18)14-9-4-5-10-15(14)20-16/h1-11H,12,20H2. The summed E-state index contributed by atoms with van der Waals surface area (Å²) in [5.74, 6) is 0. The molecule has 1 heterocycles. The molecule has 20 heavy (non-hydrogen) atoms. The molecule has 2 aliphatic rings. The van der Waals surface area contributed by atoms with E-state index >= 15 is 0 Å². The first-order chi connectivity index (χ1) is 9.79. The zero-order valence-electron chi connectivity index (χ0n) is 11.1. The van der Waals surface area contributed by atoms with E-state index in [1.807, 2.05) is 0 Å². The molecule has 1 aliphatic carbocycles. The molecule has 2 aromatic carbocycles. The van der Waals surface area contributed by atoms with Gasteiger partial charge >= 0.3 is 0 Å². The lowest BCUT2D eigenvalue weighted by Crippen LogP contribution is -2.22. The van der Waals surface area contributed by atoms with E-state index in [-0.39, 0.29) is 14.4 Å². The third-order valence-electron chi connectivity index (χ3n) is 4.33. The highest BCUT2D eigenvalue weighted by Gasteiger charge is 2.40. The largest absolute Gasteiger partial charge is 0.108 e. The molecular formula is C18H15ClSi. The van der Waals surface area contributed by atoms with Gasteiger partial charge in [0.25, 0.3) is 0 Å². The summed E-state index contributed by atoms with van der Waals surface area (Å²) in [5.41, 5.74) is 3.97. The van der Waals surface area contributed by atoms with Crippen molar-refractivity contribution in [2.24, 2.45) is 0 Å². The van der Waals surface area contributed by atoms with Crippen LogP contribution in [0.2, 0.25) is 0 Å². The molecule has 0 fully saturated rings. The highest BCUT2D eigenvalue weighted by Crippen LogP contribution is 2.50. The lowest BCUT2D eigenvalue weighted by molar-refractivity contribution is 0.785. The Labute approximate surface area is 126 Å². The Balaban J connectivity index is 1.94. The Kier molecular flexibility index (Phi) is 2.73. The minimum absolute atomic E-state index is 0.367. The van der Waals surface area contributed by atoms with E-state index in [1.54, 1.807) is 0 Å². The number of hydrogen-bond donors (Lipinski definition) is 0. The Bertz CT molecular complexity index is 730. The predicted molar refractivity (Wildman–Crippen MR) is 89.3 cm³/mol. The molecule has 0 spiro atoms. The van der Waals surface area contributed by atoms with Crippen molar-refractivity contribution in [2.75, 3.05) is 0 Å². The maximum absolute atomic E-state index is 7.14. The Morgan fingerprint density at radius 1 is 0.950 bits per heavy atom. The van der Waals surface area contributed by atoms with Crippen molar-refractivity contribution in [3.8, 4) is 0 Å². The van der Waals surface area contributed by atoms with Crippen LogP contribution in [0.3, 0.4) is 0 Å². The maximum atomic E-state index is 7.14. The number of fused-ring (bicyclic) bond motifs is 2. The maximum Gasteiger partial charge on any atom is 0.0982 e. The van der Waals surface area contributed by atoms with Crippen LogP contribution in [0.5, 0.6) is 0 Å². The first-order valence-electron chi connectivity index (χ1n) is 7.02. The van der Waals surface area contributed by atoms with Crippen LogP contribution in [-0.4, -0.2) is 9.52 Å². The van der Waals surface area contributed by atoms with Crippen molar-refractivity contribution in [1.29, 1.82) is 0 Å². The van der Waals surface area contributed by atoms with Crippen LogP contribution in [0.25, 0.3) is 5.57 Å². The number of hydrogen-bond acceptors (Lipinski definition) is 0. The summed E-state index contributed by atoms with van der Waals surface area (Å²) >= 11 is 7.14. The van der Waals surface area contributed by atoms with Gasteiger partial charge in [-0.05, 0) is 23.1 Å². The third-order valence-corrected chi connectivity index (χ3v) is 6.86. The molecule has 0 aromatic heterocycles. The van der Waals surface area contributed by atoms with E-state index in [2.05, 4.69) is 66.7 Å². The van der Waals surface area contributed by atoms with Crippen LogP contribution in [-0.2, 0) is 4.87 Å². The normalized spacial score (nSPS) is 24.9. The van der Waals surface area contributed by atoms with Crippen molar-refractivity contribution in [3.63, 3.8) is 0 Å². The lowest BCUT2D eigenvalue weighted by atomic mass is 9.81. The molecule has 0 nitrogen and oxygen atoms in total. The summed E-state index contributed by atoms with van der Waals surface area (Å²) in [7, 11) is -0.367. The van der Waals surface area contributed by atoms with Crippen molar-refractivity contribution in [3.05, 3.63) is 83.1 Å². The van der Waals surface area contributed by atoms with Crippen LogP contribution >= 0.6 is 11.6 Å². The third kappa shape index (κ3) is 1.67. The lowest BCUT2D eigenvalue weighted by Gasteiger charge is -2.32. The fourth-order valence-corrected chi connectivity index (χ4v) is 6.08. The summed E-state index contributed by atoms with van der Waals surface area (Å²) in [6, 6.07) is 19.3. The monoisotopic (exact) mass is 294 g/mol. The van der Waals surface area contributed by atoms with E-state index in [1.165, 1.54) is 27.1 Å². The Morgan fingerprint density at radius 3 is 2.55 bits per heavy atom. The predicted octanol–water partition coefficient (Wildman–Crippen LogP) is 3.30. The summed E-state index contributed by atoms with van der Waals surface area (Å²) in [4.78, 5) is -0.384. The smallest absolute Gasteiger partial charge is 0.0982 e. The summed E-state index contributed by atoms with van der Waals surface area (Å²) < 4.78 is 0. The molecule has 98 valence electrons. The molecule has 0 N–H and O–H groups in total. The molecule has 1 atom stereocenters. The van der Waals surface area contributed by atoms with Gasteiger partial charge in [0.1, 0.15) is 0 Å².